The van der Waals surface area contributed by atoms with Crippen LogP contribution in [0.15, 0.2) is 22.7 Å². The van der Waals surface area contributed by atoms with Gasteiger partial charge >= 0.3 is 12.1 Å². The third kappa shape index (κ3) is 4.83. The van der Waals surface area contributed by atoms with Crippen LogP contribution in [0.4, 0.5) is 13.2 Å². The maximum absolute atomic E-state index is 12.2. The molecule has 0 fully saturated rings. The summed E-state index contributed by atoms with van der Waals surface area (Å²) in [6.07, 6.45) is -4.40. The first-order valence-electron chi connectivity index (χ1n) is 5.38. The number of rotatable bonds is 4. The maximum Gasteiger partial charge on any atom is 0.401 e. The second kappa shape index (κ2) is 6.38. The van der Waals surface area contributed by atoms with Gasteiger partial charge in [-0.3, -0.25) is 5.32 Å². The predicted molar refractivity (Wildman–Crippen MR) is 67.7 cm³/mol. The second-order valence-corrected chi connectivity index (χ2v) is 4.83. The van der Waals surface area contributed by atoms with Gasteiger partial charge in [-0.25, -0.2) is 4.79 Å². The van der Waals surface area contributed by atoms with Crippen molar-refractivity contribution in [2.45, 2.75) is 19.1 Å². The SMILES string of the molecule is COC(=O)C(NCC(F)(F)F)c1ccc(C)cc1Br. The first-order valence-corrected chi connectivity index (χ1v) is 6.18. The maximum atomic E-state index is 12.2. The number of aryl methyl sites for hydroxylation is 1. The van der Waals surface area contributed by atoms with E-state index in [-0.39, 0.29) is 0 Å². The lowest BCUT2D eigenvalue weighted by Crippen LogP contribution is -2.36. The number of methoxy groups -OCH3 is 1. The zero-order chi connectivity index (χ0) is 14.6. The fourth-order valence-electron chi connectivity index (χ4n) is 1.52. The topological polar surface area (TPSA) is 38.3 Å². The molecule has 1 aromatic rings. The van der Waals surface area contributed by atoms with Crippen LogP contribution in [0.25, 0.3) is 0 Å². The average Bonchev–Trinajstić information content (AvgIpc) is 2.29. The third-order valence-electron chi connectivity index (χ3n) is 2.41. The molecule has 106 valence electrons. The van der Waals surface area contributed by atoms with Crippen LogP contribution in [-0.2, 0) is 9.53 Å². The van der Waals surface area contributed by atoms with Gasteiger partial charge in [0.15, 0.2) is 0 Å². The smallest absolute Gasteiger partial charge is 0.401 e. The van der Waals surface area contributed by atoms with Crippen molar-refractivity contribution < 1.29 is 22.7 Å². The van der Waals surface area contributed by atoms with Crippen molar-refractivity contribution in [3.8, 4) is 0 Å². The Morgan fingerprint density at radius 3 is 2.58 bits per heavy atom. The summed E-state index contributed by atoms with van der Waals surface area (Å²) in [7, 11) is 1.13. The fraction of sp³-hybridized carbons (Fsp3) is 0.417. The van der Waals surface area contributed by atoms with Crippen molar-refractivity contribution >= 4 is 21.9 Å². The first kappa shape index (κ1) is 16.0. The summed E-state index contributed by atoms with van der Waals surface area (Å²) in [5, 5.41) is 2.16. The molecule has 0 aliphatic rings. The van der Waals surface area contributed by atoms with Gasteiger partial charge in [0.2, 0.25) is 0 Å². The summed E-state index contributed by atoms with van der Waals surface area (Å²) in [6.45, 7) is 0.567. The number of hydrogen-bond acceptors (Lipinski definition) is 3. The van der Waals surface area contributed by atoms with E-state index < -0.39 is 24.7 Å². The van der Waals surface area contributed by atoms with Crippen LogP contribution < -0.4 is 5.32 Å². The van der Waals surface area contributed by atoms with Gasteiger partial charge in [-0.1, -0.05) is 28.1 Å². The molecule has 0 radical (unpaired) electrons. The fourth-order valence-corrected chi connectivity index (χ4v) is 2.24. The average molecular weight is 340 g/mol. The molecule has 7 heteroatoms. The van der Waals surface area contributed by atoms with Gasteiger partial charge in [0.05, 0.1) is 13.7 Å². The number of esters is 1. The van der Waals surface area contributed by atoms with Gasteiger partial charge in [-0.05, 0) is 24.1 Å². The van der Waals surface area contributed by atoms with Crippen LogP contribution in [0.1, 0.15) is 17.2 Å². The Kier molecular flexibility index (Phi) is 5.37. The van der Waals surface area contributed by atoms with E-state index in [1.807, 2.05) is 6.92 Å². The molecule has 1 N–H and O–H groups in total. The summed E-state index contributed by atoms with van der Waals surface area (Å²) in [5.41, 5.74) is 1.33. The lowest BCUT2D eigenvalue weighted by molar-refractivity contribution is -0.146. The van der Waals surface area contributed by atoms with E-state index in [9.17, 15) is 18.0 Å². The molecule has 1 rings (SSSR count). The molecule has 0 aromatic heterocycles. The number of carbonyl (C=O) groups is 1. The predicted octanol–water partition coefficient (Wildman–Crippen LogP) is 3.12. The van der Waals surface area contributed by atoms with Gasteiger partial charge < -0.3 is 4.74 Å². The van der Waals surface area contributed by atoms with E-state index in [1.165, 1.54) is 0 Å². The van der Waals surface area contributed by atoms with E-state index in [1.54, 1.807) is 18.2 Å². The molecule has 0 aliphatic carbocycles. The minimum atomic E-state index is -4.40. The minimum absolute atomic E-state index is 0.404. The Balaban J connectivity index is 3.00. The van der Waals surface area contributed by atoms with Crippen molar-refractivity contribution in [1.29, 1.82) is 0 Å². The van der Waals surface area contributed by atoms with Gasteiger partial charge in [-0.2, -0.15) is 13.2 Å². The summed E-state index contributed by atoms with van der Waals surface area (Å²) in [6, 6.07) is 3.86. The molecular weight excluding hydrogens is 327 g/mol. The minimum Gasteiger partial charge on any atom is -0.468 e. The molecule has 0 spiro atoms. The van der Waals surface area contributed by atoms with Crippen molar-refractivity contribution in [2.24, 2.45) is 0 Å². The third-order valence-corrected chi connectivity index (χ3v) is 3.10. The van der Waals surface area contributed by atoms with Gasteiger partial charge in [0.25, 0.3) is 0 Å². The summed E-state index contributed by atoms with van der Waals surface area (Å²) < 4.78 is 41.8. The van der Waals surface area contributed by atoms with Crippen LogP contribution in [0, 0.1) is 6.92 Å². The van der Waals surface area contributed by atoms with Crippen LogP contribution in [-0.4, -0.2) is 25.8 Å². The van der Waals surface area contributed by atoms with Gasteiger partial charge in [0, 0.05) is 4.47 Å². The highest BCUT2D eigenvalue weighted by Gasteiger charge is 2.31. The van der Waals surface area contributed by atoms with E-state index in [2.05, 4.69) is 26.0 Å². The summed E-state index contributed by atoms with van der Waals surface area (Å²) >= 11 is 3.24. The Morgan fingerprint density at radius 2 is 2.11 bits per heavy atom. The van der Waals surface area contributed by atoms with Gasteiger partial charge in [0.1, 0.15) is 6.04 Å². The Bertz CT molecular complexity index is 463. The molecule has 0 saturated carbocycles. The van der Waals surface area contributed by atoms with Crippen molar-refractivity contribution in [1.82, 2.24) is 5.32 Å². The Labute approximate surface area is 117 Å². The highest BCUT2D eigenvalue weighted by molar-refractivity contribution is 9.10. The van der Waals surface area contributed by atoms with E-state index in [4.69, 9.17) is 0 Å². The highest BCUT2D eigenvalue weighted by Crippen LogP contribution is 2.26. The lowest BCUT2D eigenvalue weighted by atomic mass is 10.1. The lowest BCUT2D eigenvalue weighted by Gasteiger charge is -2.19. The zero-order valence-electron chi connectivity index (χ0n) is 10.3. The highest BCUT2D eigenvalue weighted by atomic mass is 79.9. The number of ether oxygens (including phenoxy) is 1. The van der Waals surface area contributed by atoms with Crippen LogP contribution in [0.5, 0.6) is 0 Å². The number of alkyl halides is 3. The van der Waals surface area contributed by atoms with E-state index >= 15 is 0 Å². The molecule has 0 amide bonds. The second-order valence-electron chi connectivity index (χ2n) is 3.98. The standard InChI is InChI=1S/C12H13BrF3NO2/c1-7-3-4-8(9(13)5-7)10(11(18)19-2)17-6-12(14,15)16/h3-5,10,17H,6H2,1-2H3. The first-order chi connectivity index (χ1) is 8.74. The number of nitrogens with one attached hydrogen (secondary N) is 1. The van der Waals surface area contributed by atoms with Crippen molar-refractivity contribution in [3.63, 3.8) is 0 Å². The summed E-state index contributed by atoms with van der Waals surface area (Å²) in [4.78, 5) is 11.6. The molecule has 1 unspecified atom stereocenters. The van der Waals surface area contributed by atoms with Crippen molar-refractivity contribution in [3.05, 3.63) is 33.8 Å². The molecule has 19 heavy (non-hydrogen) atoms. The Morgan fingerprint density at radius 1 is 1.47 bits per heavy atom. The molecular formula is C12H13BrF3NO2. The number of carbonyl (C=O) groups excluding carboxylic acids is 1. The molecule has 1 atom stereocenters. The molecule has 0 aliphatic heterocycles. The zero-order valence-corrected chi connectivity index (χ0v) is 11.9. The quantitative estimate of drug-likeness (QED) is 0.856. The molecule has 3 nitrogen and oxygen atoms in total. The monoisotopic (exact) mass is 339 g/mol. The van der Waals surface area contributed by atoms with Crippen molar-refractivity contribution in [2.75, 3.05) is 13.7 Å². The molecule has 0 bridgehead atoms. The Hall–Kier alpha value is -1.08. The molecule has 0 saturated heterocycles. The van der Waals surface area contributed by atoms with Gasteiger partial charge in [-0.15, -0.1) is 0 Å². The number of benzene rings is 1. The van der Waals surface area contributed by atoms with Crippen LogP contribution >= 0.6 is 15.9 Å². The summed E-state index contributed by atoms with van der Waals surface area (Å²) in [5.74, 6) is -0.770. The molecule has 1 aromatic carbocycles. The normalized spacial score (nSPS) is 13.2. The largest absolute Gasteiger partial charge is 0.468 e. The number of halogens is 4. The van der Waals surface area contributed by atoms with Crippen LogP contribution in [0.2, 0.25) is 0 Å². The number of hydrogen-bond donors (Lipinski definition) is 1. The van der Waals surface area contributed by atoms with E-state index in [0.29, 0.717) is 10.0 Å². The van der Waals surface area contributed by atoms with E-state index in [0.717, 1.165) is 12.7 Å². The molecule has 0 heterocycles. The van der Waals surface area contributed by atoms with Crippen LogP contribution in [0.3, 0.4) is 0 Å².